The molecule has 0 radical (unpaired) electrons. The van der Waals surface area contributed by atoms with Gasteiger partial charge in [0.1, 0.15) is 5.01 Å². The van der Waals surface area contributed by atoms with Gasteiger partial charge in [-0.1, -0.05) is 41.9 Å². The number of thiazole rings is 1. The molecular formula is C31H31ClN4O2S. The number of carbonyl (C=O) groups excluding carboxylic acids is 1. The summed E-state index contributed by atoms with van der Waals surface area (Å²) in [6.07, 6.45) is 1.95. The average Bonchev–Trinajstić information content (AvgIpc) is 3.41. The molecule has 0 spiro atoms. The van der Waals surface area contributed by atoms with Crippen molar-refractivity contribution in [3.8, 4) is 27.5 Å². The summed E-state index contributed by atoms with van der Waals surface area (Å²) < 4.78 is 1.84. The van der Waals surface area contributed by atoms with Crippen molar-refractivity contribution in [1.82, 2.24) is 19.4 Å². The van der Waals surface area contributed by atoms with Gasteiger partial charge in [0.25, 0.3) is 5.56 Å². The van der Waals surface area contributed by atoms with Gasteiger partial charge in [-0.05, 0) is 56.1 Å². The fraction of sp³-hybridized carbons (Fsp3) is 0.323. The molecule has 200 valence electrons. The number of piperazine rings is 1. The zero-order chi connectivity index (χ0) is 27.1. The summed E-state index contributed by atoms with van der Waals surface area (Å²) in [6, 6.07) is 15.6. The second-order valence-electron chi connectivity index (χ2n) is 10.5. The number of aryl methyl sites for hydroxylation is 1. The highest BCUT2D eigenvalue weighted by Gasteiger charge is 2.27. The van der Waals surface area contributed by atoms with Crippen molar-refractivity contribution in [2.24, 2.45) is 0 Å². The van der Waals surface area contributed by atoms with E-state index >= 15 is 0 Å². The maximum atomic E-state index is 14.4. The molecular weight excluding hydrogens is 528 g/mol. The number of pyridine rings is 1. The van der Waals surface area contributed by atoms with Gasteiger partial charge in [0.2, 0.25) is 0 Å². The van der Waals surface area contributed by atoms with Crippen LogP contribution >= 0.6 is 22.9 Å². The topological polar surface area (TPSA) is 58.4 Å². The van der Waals surface area contributed by atoms with E-state index in [-0.39, 0.29) is 11.3 Å². The van der Waals surface area contributed by atoms with E-state index in [4.69, 9.17) is 16.6 Å². The molecule has 8 heteroatoms. The Kier molecular flexibility index (Phi) is 7.25. The van der Waals surface area contributed by atoms with E-state index in [1.54, 1.807) is 6.07 Å². The van der Waals surface area contributed by atoms with Crippen LogP contribution in [0.4, 0.5) is 0 Å². The number of carbonyl (C=O) groups is 1. The molecule has 6 nitrogen and oxygen atoms in total. The predicted molar refractivity (Wildman–Crippen MR) is 158 cm³/mol. The van der Waals surface area contributed by atoms with Crippen LogP contribution in [0, 0.1) is 6.92 Å². The number of Topliss-reactive ketones (excluding diaryl/α,β-unsaturated/α-hetero) is 1. The zero-order valence-electron chi connectivity index (χ0n) is 22.2. The Bertz CT molecular complexity index is 1600. The Labute approximate surface area is 237 Å². The largest absolute Gasteiger partial charge is 0.304 e. The molecule has 4 aromatic rings. The monoisotopic (exact) mass is 558 g/mol. The molecule has 1 aliphatic heterocycles. The molecule has 0 saturated carbocycles. The highest BCUT2D eigenvalue weighted by molar-refractivity contribution is 7.13. The van der Waals surface area contributed by atoms with E-state index in [9.17, 15) is 9.59 Å². The quantitative estimate of drug-likeness (QED) is 0.307. The van der Waals surface area contributed by atoms with Crippen LogP contribution in [0.2, 0.25) is 5.02 Å². The van der Waals surface area contributed by atoms with Crippen molar-refractivity contribution in [1.29, 1.82) is 0 Å². The molecule has 0 unspecified atom stereocenters. The maximum Gasteiger partial charge on any atom is 0.265 e. The summed E-state index contributed by atoms with van der Waals surface area (Å²) in [5.41, 5.74) is 6.59. The van der Waals surface area contributed by atoms with Crippen LogP contribution in [0.15, 0.2) is 58.7 Å². The SMILES string of the molecule is Cc1cccc(CN2CCN(C)CC2)c1-n1c2c(cc(-c3nc(-c4ccc(Cl)cc4)cs3)c1=O)C(=O)CCC2. The molecule has 0 amide bonds. The van der Waals surface area contributed by atoms with E-state index in [0.717, 1.165) is 72.9 Å². The molecule has 1 aliphatic carbocycles. The third-order valence-corrected chi connectivity index (χ3v) is 8.96. The maximum absolute atomic E-state index is 14.4. The normalized spacial score (nSPS) is 16.4. The number of hydrogen-bond acceptors (Lipinski definition) is 6. The van der Waals surface area contributed by atoms with Crippen LogP contribution in [0.1, 0.15) is 40.0 Å². The number of fused-ring (bicyclic) bond motifs is 1. The van der Waals surface area contributed by atoms with Gasteiger partial charge < -0.3 is 4.90 Å². The molecule has 6 rings (SSSR count). The number of rotatable bonds is 5. The summed E-state index contributed by atoms with van der Waals surface area (Å²) in [7, 11) is 2.15. The fourth-order valence-corrected chi connectivity index (χ4v) is 6.61. The standard InChI is InChI=1S/C31H31ClN4O2S/c1-20-5-3-6-22(18-35-15-13-34(2)14-16-35)29(20)36-27-7-4-8-28(37)24(27)17-25(31(36)38)30-33-26(19-39-30)21-9-11-23(32)12-10-21/h3,5-6,9-12,17,19H,4,7-8,13-16,18H2,1-2H3. The van der Waals surface area contributed by atoms with Crippen LogP contribution in [-0.2, 0) is 13.0 Å². The van der Waals surface area contributed by atoms with Gasteiger partial charge >= 0.3 is 0 Å². The Hall–Kier alpha value is -3.10. The van der Waals surface area contributed by atoms with Crippen molar-refractivity contribution in [3.05, 3.63) is 91.7 Å². The molecule has 0 bridgehead atoms. The Balaban J connectivity index is 1.50. The minimum Gasteiger partial charge on any atom is -0.304 e. The van der Waals surface area contributed by atoms with Gasteiger partial charge in [0, 0.05) is 66.4 Å². The number of likely N-dealkylation sites (N-methyl/N-ethyl adjacent to an activating group) is 1. The molecule has 0 atom stereocenters. The lowest BCUT2D eigenvalue weighted by Crippen LogP contribution is -2.44. The van der Waals surface area contributed by atoms with E-state index < -0.39 is 0 Å². The van der Waals surface area contributed by atoms with Gasteiger partial charge in [0.05, 0.1) is 16.9 Å². The molecule has 3 heterocycles. The van der Waals surface area contributed by atoms with Gasteiger partial charge in [-0.2, -0.15) is 0 Å². The van der Waals surface area contributed by atoms with Crippen molar-refractivity contribution in [2.75, 3.05) is 33.2 Å². The molecule has 39 heavy (non-hydrogen) atoms. The highest BCUT2D eigenvalue weighted by Crippen LogP contribution is 2.33. The van der Waals surface area contributed by atoms with Crippen LogP contribution in [0.5, 0.6) is 0 Å². The molecule has 1 fully saturated rings. The Morgan fingerprint density at radius 1 is 0.974 bits per heavy atom. The second kappa shape index (κ2) is 10.8. The lowest BCUT2D eigenvalue weighted by molar-refractivity contribution is 0.0971. The molecule has 2 aromatic carbocycles. The number of benzene rings is 2. The minimum absolute atomic E-state index is 0.0925. The van der Waals surface area contributed by atoms with Gasteiger partial charge in [-0.15, -0.1) is 11.3 Å². The number of nitrogens with zero attached hydrogens (tertiary/aromatic N) is 4. The third-order valence-electron chi connectivity index (χ3n) is 7.83. The summed E-state index contributed by atoms with van der Waals surface area (Å²) in [4.78, 5) is 37.2. The number of para-hydroxylation sites is 1. The third kappa shape index (κ3) is 5.12. The highest BCUT2D eigenvalue weighted by atomic mass is 35.5. The van der Waals surface area contributed by atoms with Crippen molar-refractivity contribution in [2.45, 2.75) is 32.7 Å². The van der Waals surface area contributed by atoms with E-state index in [2.05, 4.69) is 42.0 Å². The van der Waals surface area contributed by atoms with Crippen LogP contribution in [-0.4, -0.2) is 58.4 Å². The molecule has 1 saturated heterocycles. The van der Waals surface area contributed by atoms with Crippen molar-refractivity contribution >= 4 is 28.7 Å². The van der Waals surface area contributed by atoms with Crippen molar-refractivity contribution < 1.29 is 4.79 Å². The smallest absolute Gasteiger partial charge is 0.265 e. The van der Waals surface area contributed by atoms with Crippen LogP contribution in [0.25, 0.3) is 27.5 Å². The fourth-order valence-electron chi connectivity index (χ4n) is 5.65. The van der Waals surface area contributed by atoms with Gasteiger partial charge in [-0.25, -0.2) is 4.98 Å². The first-order chi connectivity index (χ1) is 18.9. The molecule has 0 N–H and O–H groups in total. The zero-order valence-corrected chi connectivity index (χ0v) is 23.8. The Morgan fingerprint density at radius 2 is 1.74 bits per heavy atom. The summed E-state index contributed by atoms with van der Waals surface area (Å²) >= 11 is 7.50. The van der Waals surface area contributed by atoms with Crippen molar-refractivity contribution in [3.63, 3.8) is 0 Å². The lowest BCUT2D eigenvalue weighted by atomic mass is 9.92. The first-order valence-corrected chi connectivity index (χ1v) is 14.7. The number of hydrogen-bond donors (Lipinski definition) is 0. The Morgan fingerprint density at radius 3 is 2.51 bits per heavy atom. The summed E-state index contributed by atoms with van der Waals surface area (Å²) in [5, 5.41) is 3.24. The first-order valence-electron chi connectivity index (χ1n) is 13.4. The number of ketones is 1. The van der Waals surface area contributed by atoms with Crippen LogP contribution in [0.3, 0.4) is 0 Å². The number of halogens is 1. The van der Waals surface area contributed by atoms with E-state index in [0.29, 0.717) is 34.0 Å². The summed E-state index contributed by atoms with van der Waals surface area (Å²) in [5.74, 6) is 0.0925. The average molecular weight is 559 g/mol. The number of aromatic nitrogens is 2. The second-order valence-corrected chi connectivity index (χ2v) is 11.8. The first kappa shape index (κ1) is 26.1. The molecule has 2 aromatic heterocycles. The molecule has 2 aliphatic rings. The van der Waals surface area contributed by atoms with Crippen LogP contribution < -0.4 is 5.56 Å². The van der Waals surface area contributed by atoms with E-state index in [1.807, 2.05) is 34.2 Å². The van der Waals surface area contributed by atoms with Gasteiger partial charge in [-0.3, -0.25) is 19.1 Å². The lowest BCUT2D eigenvalue weighted by Gasteiger charge is -2.33. The van der Waals surface area contributed by atoms with E-state index in [1.165, 1.54) is 11.3 Å². The predicted octanol–water partition coefficient (Wildman–Crippen LogP) is 5.86. The van der Waals surface area contributed by atoms with Gasteiger partial charge in [0.15, 0.2) is 5.78 Å². The summed E-state index contributed by atoms with van der Waals surface area (Å²) in [6.45, 7) is 6.86. The minimum atomic E-state index is -0.116.